The molecule has 0 aromatic rings. The molecule has 0 saturated heterocycles. The number of amides is 2. The Morgan fingerprint density at radius 2 is 1.59 bits per heavy atom. The summed E-state index contributed by atoms with van der Waals surface area (Å²) in [5.74, 6) is -3.68. The molecule has 5 N–H and O–H groups in total. The summed E-state index contributed by atoms with van der Waals surface area (Å²) in [5, 5.41) is 13.7. The first-order valence-electron chi connectivity index (χ1n) is 16.0. The van der Waals surface area contributed by atoms with E-state index in [1.807, 2.05) is 101 Å². The van der Waals surface area contributed by atoms with Crippen LogP contribution in [0, 0.1) is 5.41 Å². The van der Waals surface area contributed by atoms with E-state index in [-0.39, 0.29) is 30.8 Å². The Bertz CT molecular complexity index is 1490. The number of esters is 1. The highest BCUT2D eigenvalue weighted by atomic mass is 32.1. The third-order valence-electron chi connectivity index (χ3n) is 7.56. The fourth-order valence-electron chi connectivity index (χ4n) is 4.71. The lowest BCUT2D eigenvalue weighted by molar-refractivity contribution is -0.155. The molecule has 1 aliphatic carbocycles. The van der Waals surface area contributed by atoms with Crippen LogP contribution in [-0.2, 0) is 28.7 Å². The molecule has 0 aromatic carbocycles. The van der Waals surface area contributed by atoms with Crippen molar-refractivity contribution in [3.63, 3.8) is 0 Å². The van der Waals surface area contributed by atoms with Gasteiger partial charge in [-0.1, -0.05) is 110 Å². The van der Waals surface area contributed by atoms with Gasteiger partial charge in [0.1, 0.15) is 18.6 Å². The van der Waals surface area contributed by atoms with Gasteiger partial charge in [0.15, 0.2) is 11.9 Å². The molecule has 11 heteroatoms. The molecule has 2 amide bonds. The van der Waals surface area contributed by atoms with Gasteiger partial charge >= 0.3 is 11.9 Å². The van der Waals surface area contributed by atoms with E-state index in [0.717, 1.165) is 22.3 Å². The monoisotopic (exact) mass is 693 g/mol. The summed E-state index contributed by atoms with van der Waals surface area (Å²) in [6.07, 6.45) is 22.4. The van der Waals surface area contributed by atoms with Gasteiger partial charge in [0.2, 0.25) is 11.8 Å². The van der Waals surface area contributed by atoms with Gasteiger partial charge in [0, 0.05) is 18.6 Å². The SMILES string of the molecule is C=CC=CC(C)=CC=CC=C(C)C=CC=C(C)C=CC1=C(C)C(=O)C(OC(=O)CNC(=O)C(CS)NC(=O)CCC(N)C(=O)O)CC1(C)C. The predicted octanol–water partition coefficient (Wildman–Crippen LogP) is 5.19. The molecule has 0 fully saturated rings. The number of hydrogen-bond donors (Lipinski definition) is 5. The van der Waals surface area contributed by atoms with Crippen LogP contribution in [0.3, 0.4) is 0 Å². The molecule has 0 spiro atoms. The van der Waals surface area contributed by atoms with E-state index in [4.69, 9.17) is 15.6 Å². The molecule has 0 heterocycles. The third-order valence-corrected chi connectivity index (χ3v) is 7.93. The van der Waals surface area contributed by atoms with Crippen molar-refractivity contribution in [2.45, 2.75) is 79.0 Å². The number of carboxylic acid groups (broad SMARTS) is 1. The van der Waals surface area contributed by atoms with Gasteiger partial charge in [0.25, 0.3) is 0 Å². The zero-order valence-electron chi connectivity index (χ0n) is 29.3. The highest BCUT2D eigenvalue weighted by Crippen LogP contribution is 2.40. The van der Waals surface area contributed by atoms with Crippen molar-refractivity contribution in [2.75, 3.05) is 12.3 Å². The number of Topliss-reactive ketones (excluding diaryl/α,β-unsaturated/α-hetero) is 1. The number of ether oxygens (including phenoxy) is 1. The minimum Gasteiger partial charge on any atom is -0.480 e. The van der Waals surface area contributed by atoms with Crippen molar-refractivity contribution < 1.29 is 33.8 Å². The lowest BCUT2D eigenvalue weighted by Gasteiger charge is -2.36. The number of carboxylic acids is 1. The average molecular weight is 694 g/mol. The average Bonchev–Trinajstić information content (AvgIpc) is 3.04. The van der Waals surface area contributed by atoms with Gasteiger partial charge < -0.3 is 26.2 Å². The molecule has 0 aromatic heterocycles. The molecule has 0 aliphatic heterocycles. The molecule has 0 saturated carbocycles. The lowest BCUT2D eigenvalue weighted by atomic mass is 9.71. The zero-order chi connectivity index (χ0) is 37.1. The first-order valence-corrected chi connectivity index (χ1v) is 16.6. The van der Waals surface area contributed by atoms with Crippen LogP contribution < -0.4 is 16.4 Å². The van der Waals surface area contributed by atoms with E-state index in [2.05, 4.69) is 29.8 Å². The number of carbonyl (C=O) groups is 5. The second-order valence-electron chi connectivity index (χ2n) is 12.4. The summed E-state index contributed by atoms with van der Waals surface area (Å²) >= 11 is 4.07. The molecule has 3 atom stereocenters. The Morgan fingerprint density at radius 1 is 1.02 bits per heavy atom. The number of carbonyl (C=O) groups excluding carboxylic acids is 4. The van der Waals surface area contributed by atoms with Crippen LogP contribution in [0.5, 0.6) is 0 Å². The number of aliphatic carboxylic acids is 1. The summed E-state index contributed by atoms with van der Waals surface area (Å²) in [4.78, 5) is 61.3. The minimum atomic E-state index is -1.24. The van der Waals surface area contributed by atoms with Crippen LogP contribution in [0.1, 0.15) is 60.8 Å². The smallest absolute Gasteiger partial charge is 0.326 e. The third kappa shape index (κ3) is 16.0. The molecule has 3 unspecified atom stereocenters. The van der Waals surface area contributed by atoms with Gasteiger partial charge in [-0.25, -0.2) is 0 Å². The van der Waals surface area contributed by atoms with Gasteiger partial charge in [-0.15, -0.1) is 0 Å². The Hall–Kier alpha value is -4.48. The number of nitrogens with one attached hydrogen (secondary N) is 2. The van der Waals surface area contributed by atoms with Gasteiger partial charge in [-0.2, -0.15) is 12.6 Å². The lowest BCUT2D eigenvalue weighted by Crippen LogP contribution is -2.49. The van der Waals surface area contributed by atoms with Crippen LogP contribution in [0.2, 0.25) is 0 Å². The maximum Gasteiger partial charge on any atom is 0.326 e. The molecular formula is C38H51N3O7S. The minimum absolute atomic E-state index is 0.0698. The van der Waals surface area contributed by atoms with Crippen molar-refractivity contribution >= 4 is 42.2 Å². The first kappa shape index (κ1) is 42.5. The van der Waals surface area contributed by atoms with Crippen molar-refractivity contribution in [1.29, 1.82) is 0 Å². The summed E-state index contributed by atoms with van der Waals surface area (Å²) in [6, 6.07) is -2.28. The van der Waals surface area contributed by atoms with Crippen molar-refractivity contribution in [3.05, 3.63) is 107 Å². The summed E-state index contributed by atoms with van der Waals surface area (Å²) in [7, 11) is 0. The van der Waals surface area contributed by atoms with Gasteiger partial charge in [0.05, 0.1) is 0 Å². The predicted molar refractivity (Wildman–Crippen MR) is 198 cm³/mol. The molecule has 49 heavy (non-hydrogen) atoms. The highest BCUT2D eigenvalue weighted by Gasteiger charge is 2.40. The molecule has 0 radical (unpaired) electrons. The van der Waals surface area contributed by atoms with Crippen molar-refractivity contribution in [3.8, 4) is 0 Å². The van der Waals surface area contributed by atoms with Crippen LogP contribution in [-0.4, -0.2) is 65.1 Å². The van der Waals surface area contributed by atoms with E-state index >= 15 is 0 Å². The van der Waals surface area contributed by atoms with E-state index in [1.165, 1.54) is 0 Å². The molecule has 10 nitrogen and oxygen atoms in total. The van der Waals surface area contributed by atoms with Gasteiger partial charge in [-0.3, -0.25) is 24.0 Å². The number of rotatable bonds is 18. The molecular weight excluding hydrogens is 642 g/mol. The second kappa shape index (κ2) is 21.5. The van der Waals surface area contributed by atoms with E-state index in [0.29, 0.717) is 5.57 Å². The van der Waals surface area contributed by atoms with Crippen molar-refractivity contribution in [1.82, 2.24) is 10.6 Å². The maximum atomic E-state index is 13.2. The fourth-order valence-corrected chi connectivity index (χ4v) is 4.97. The molecule has 266 valence electrons. The number of nitrogens with two attached hydrogens (primary N) is 1. The van der Waals surface area contributed by atoms with Crippen LogP contribution in [0.15, 0.2) is 107 Å². The largest absolute Gasteiger partial charge is 0.480 e. The summed E-state index contributed by atoms with van der Waals surface area (Å²) in [6.45, 7) is 14.8. The van der Waals surface area contributed by atoms with E-state index < -0.39 is 53.9 Å². The maximum absolute atomic E-state index is 13.2. The Balaban J connectivity index is 2.79. The van der Waals surface area contributed by atoms with E-state index in [9.17, 15) is 24.0 Å². The number of hydrogen-bond acceptors (Lipinski definition) is 8. The number of thiol groups is 1. The van der Waals surface area contributed by atoms with Crippen LogP contribution in [0.4, 0.5) is 0 Å². The Labute approximate surface area is 295 Å². The summed E-state index contributed by atoms with van der Waals surface area (Å²) in [5.41, 5.74) is 9.45. The van der Waals surface area contributed by atoms with Crippen LogP contribution >= 0.6 is 12.6 Å². The topological polar surface area (TPSA) is 165 Å². The fraction of sp³-hybridized carbons (Fsp3) is 0.395. The Morgan fingerprint density at radius 3 is 2.16 bits per heavy atom. The number of allylic oxidation sites excluding steroid dienone is 16. The van der Waals surface area contributed by atoms with Crippen LogP contribution in [0.25, 0.3) is 0 Å². The van der Waals surface area contributed by atoms with Crippen molar-refractivity contribution in [2.24, 2.45) is 11.1 Å². The second-order valence-corrected chi connectivity index (χ2v) is 12.7. The number of ketones is 1. The molecule has 1 aliphatic rings. The molecule has 0 bridgehead atoms. The highest BCUT2D eigenvalue weighted by molar-refractivity contribution is 7.80. The van der Waals surface area contributed by atoms with Gasteiger partial charge in [-0.05, 0) is 50.7 Å². The quantitative estimate of drug-likeness (QED) is 0.0744. The summed E-state index contributed by atoms with van der Waals surface area (Å²) < 4.78 is 5.48. The Kier molecular flexibility index (Phi) is 18.7. The molecule has 1 rings (SSSR count). The van der Waals surface area contributed by atoms with E-state index in [1.54, 1.807) is 13.0 Å². The first-order chi connectivity index (χ1) is 23.0. The zero-order valence-corrected chi connectivity index (χ0v) is 30.2. The standard InChI is InChI=1S/C38H51N3O7S/c1-8-9-13-25(2)14-10-11-15-26(3)16-12-17-27(4)18-19-29-28(5)35(44)32(22-38(29,6)7)48-34(43)23-40-36(45)31(24-49)41-33(42)21-20-30(39)37(46)47/h8-19,30-32,49H,1,20-24,39H2,2-7H3,(H,40,45)(H,41,42)(H,46,47). The normalized spacial score (nSPS) is 18.7.